The van der Waals surface area contributed by atoms with Crippen molar-refractivity contribution in [3.05, 3.63) is 282 Å². The molecule has 0 atom stereocenters. The Labute approximate surface area is 529 Å². The van der Waals surface area contributed by atoms with E-state index < -0.39 is 81.9 Å². The van der Waals surface area contributed by atoms with Crippen LogP contribution in [0.4, 0.5) is 0 Å². The first-order valence-corrected chi connectivity index (χ1v) is 27.3. The molecule has 10 aromatic rings. The van der Waals surface area contributed by atoms with Gasteiger partial charge in [0.15, 0.2) is 0 Å². The molecule has 10 aromatic carbocycles. The van der Waals surface area contributed by atoms with Crippen LogP contribution in [0.2, 0.25) is 0 Å². The van der Waals surface area contributed by atoms with Gasteiger partial charge < -0.3 is 50.3 Å². The lowest BCUT2D eigenvalue weighted by Crippen LogP contribution is -2.11. The number of benzene rings is 10. The van der Waals surface area contributed by atoms with Crippen LogP contribution in [0.3, 0.4) is 0 Å². The first-order valence-electron chi connectivity index (χ1n) is 27.3. The third-order valence-electron chi connectivity index (χ3n) is 14.0. The van der Waals surface area contributed by atoms with Gasteiger partial charge >= 0.3 is 59.7 Å². The first kappa shape index (κ1) is 62.7. The average molecular weight is 1250 g/mol. The van der Waals surface area contributed by atoms with Gasteiger partial charge in [-0.15, -0.1) is 0 Å². The molecule has 20 heteroatoms. The predicted molar refractivity (Wildman–Crippen MR) is 335 cm³/mol. The topological polar surface area (TPSA) is 351 Å². The van der Waals surface area contributed by atoms with Gasteiger partial charge in [0.2, 0.25) is 0 Å². The van der Waals surface area contributed by atoms with Crippen LogP contribution in [0.1, 0.15) is 148 Å². The molecule has 0 aromatic heterocycles. The van der Waals surface area contributed by atoms with Gasteiger partial charge in [0.1, 0.15) is 11.5 Å². The van der Waals surface area contributed by atoms with Gasteiger partial charge in [-0.05, 0) is 155 Å². The zero-order valence-corrected chi connectivity index (χ0v) is 47.8. The lowest BCUT2D eigenvalue weighted by molar-refractivity contribution is 0.0676. The minimum atomic E-state index is -1.48. The second kappa shape index (κ2) is 26.6. The third kappa shape index (κ3) is 14.1. The van der Waals surface area contributed by atoms with Gasteiger partial charge in [0, 0.05) is 55.6 Å². The molecule has 0 unspecified atom stereocenters. The van der Waals surface area contributed by atoms with E-state index in [2.05, 4.69) is 47.4 Å². The summed E-state index contributed by atoms with van der Waals surface area (Å²) >= 11 is 0. The van der Waals surface area contributed by atoms with E-state index in [1.165, 1.54) is 72.8 Å². The molecule has 0 amide bonds. The fourth-order valence-corrected chi connectivity index (χ4v) is 9.66. The average Bonchev–Trinajstić information content (AvgIpc) is 0.734. The van der Waals surface area contributed by atoms with Crippen molar-refractivity contribution in [2.75, 3.05) is 0 Å². The number of ether oxygens (including phenoxy) is 2. The Bertz CT molecular complexity index is 4830. The molecule has 0 spiro atoms. The number of esters is 2. The Morgan fingerprint density at radius 3 is 0.734 bits per heavy atom. The van der Waals surface area contributed by atoms with Crippen LogP contribution in [-0.2, 0) is 0 Å². The van der Waals surface area contributed by atoms with Crippen molar-refractivity contribution in [3.8, 4) is 70.0 Å². The number of hydrogen-bond acceptors (Lipinski definition) is 12. The largest absolute Gasteiger partial charge is 0.478 e. The monoisotopic (exact) mass is 1250 g/mol. The normalized spacial score (nSPS) is 10.3. The van der Waals surface area contributed by atoms with Crippen molar-refractivity contribution in [1.82, 2.24) is 0 Å². The molecular weight excluding hydrogens is 1210 g/mol. The molecule has 8 N–H and O–H groups in total. The molecule has 94 heavy (non-hydrogen) atoms. The Balaban J connectivity index is 1.34. The molecule has 0 heterocycles. The number of hydrogen-bond donors (Lipinski definition) is 8. The maximum atomic E-state index is 14.6. The molecule has 0 aliphatic carbocycles. The smallest absolute Gasteiger partial charge is 0.343 e. The fraction of sp³-hybridized carbons (Fsp3) is 0. The molecule has 20 nitrogen and oxygen atoms in total. The van der Waals surface area contributed by atoms with Crippen molar-refractivity contribution >= 4 is 81.2 Å². The zero-order valence-electron chi connectivity index (χ0n) is 47.8. The van der Waals surface area contributed by atoms with Crippen molar-refractivity contribution in [3.63, 3.8) is 0 Å². The van der Waals surface area contributed by atoms with Crippen molar-refractivity contribution in [2.45, 2.75) is 0 Å². The lowest BCUT2D eigenvalue weighted by atomic mass is 9.87. The van der Waals surface area contributed by atoms with Gasteiger partial charge in [-0.25, -0.2) is 47.9 Å². The standard InChI is InChI=1S/C74H38O20/c75-65(76)49-23-41(24-50(33-49)66(77)78)13-11-39-17-21-57-59(31-39)47(19-15-43-27-53(69(83)84)35-54(28-43)70(85)86)37-61(93-73(91)45-7-3-1-4-8-45)63(57)64-58-22-18-40(12-14-42-25-51(67(79)80)34-52(26-42)68(81)82)32-60(58)48(38-62(64)94-74(92)46-9-5-2-6-10-46)20-16-44-29-55(71(87)88)36-56(30-44)72(89)90/h1-10,17-18,21-38H,(H,75,76)(H,77,78)(H,79,80)(H,81,82)(H,83,84)(H,85,86)(H,87,88)(H,89,90). The second-order valence-corrected chi connectivity index (χ2v) is 20.3. The van der Waals surface area contributed by atoms with Crippen LogP contribution in [-0.4, -0.2) is 101 Å². The van der Waals surface area contributed by atoms with E-state index in [1.54, 1.807) is 36.4 Å². The Morgan fingerprint density at radius 1 is 0.234 bits per heavy atom. The predicted octanol–water partition coefficient (Wildman–Crippen LogP) is 11.3. The van der Waals surface area contributed by atoms with Gasteiger partial charge in [-0.3, -0.25) is 0 Å². The van der Waals surface area contributed by atoms with E-state index in [4.69, 9.17) is 9.47 Å². The van der Waals surface area contributed by atoms with E-state index in [-0.39, 0.29) is 122 Å². The number of carboxylic acids is 8. The summed E-state index contributed by atoms with van der Waals surface area (Å²) in [6.07, 6.45) is 0. The Hall–Kier alpha value is -14.3. The number of rotatable bonds is 13. The summed E-state index contributed by atoms with van der Waals surface area (Å²) in [7, 11) is 0. The van der Waals surface area contributed by atoms with E-state index in [0.717, 1.165) is 72.8 Å². The summed E-state index contributed by atoms with van der Waals surface area (Å²) < 4.78 is 12.8. The minimum Gasteiger partial charge on any atom is -0.478 e. The van der Waals surface area contributed by atoms with Crippen LogP contribution < -0.4 is 9.47 Å². The van der Waals surface area contributed by atoms with Crippen molar-refractivity contribution in [2.24, 2.45) is 0 Å². The SMILES string of the molecule is O=C(O)c1cc(C#Cc2ccc3c(-c4c(OC(=O)c5ccccc5)cc(C#Cc5cc(C(=O)O)cc(C(=O)O)c5)c5cc(C#Cc6cc(C(=O)O)cc(C(=O)O)c6)ccc45)c(OC(=O)c4ccccc4)cc(C#Cc4cc(C(=O)O)cc(C(=O)O)c4)c3c2)cc(C(=O)O)c1. The summed E-state index contributed by atoms with van der Waals surface area (Å²) in [5.74, 6) is 8.91. The first-order chi connectivity index (χ1) is 45.0. The van der Waals surface area contributed by atoms with Crippen molar-refractivity contribution < 1.29 is 98.3 Å². The molecule has 10 rings (SSSR count). The van der Waals surface area contributed by atoms with E-state index in [0.29, 0.717) is 0 Å². The van der Waals surface area contributed by atoms with Gasteiger partial charge in [-0.2, -0.15) is 0 Å². The molecule has 0 aliphatic rings. The Morgan fingerprint density at radius 2 is 0.479 bits per heavy atom. The molecule has 0 radical (unpaired) electrons. The highest BCUT2D eigenvalue weighted by Gasteiger charge is 2.27. The highest BCUT2D eigenvalue weighted by atomic mass is 16.5. The molecule has 0 fully saturated rings. The number of carbonyl (C=O) groups excluding carboxylic acids is 2. The molecular formula is C74H38O20. The molecule has 0 saturated heterocycles. The van der Waals surface area contributed by atoms with Gasteiger partial charge in [0.05, 0.1) is 55.6 Å². The molecule has 0 aliphatic heterocycles. The van der Waals surface area contributed by atoms with E-state index in [1.807, 2.05) is 0 Å². The highest BCUT2D eigenvalue weighted by molar-refractivity contribution is 6.14. The van der Waals surface area contributed by atoms with Gasteiger partial charge in [0.25, 0.3) is 0 Å². The maximum absolute atomic E-state index is 14.6. The highest BCUT2D eigenvalue weighted by Crippen LogP contribution is 2.48. The summed E-state index contributed by atoms with van der Waals surface area (Å²) in [6, 6.07) is 39.9. The third-order valence-corrected chi connectivity index (χ3v) is 14.0. The van der Waals surface area contributed by atoms with E-state index >= 15 is 0 Å². The summed E-state index contributed by atoms with van der Waals surface area (Å²) in [6.45, 7) is 0. The minimum absolute atomic E-state index is 0.00595. The van der Waals surface area contributed by atoms with Crippen LogP contribution in [0.25, 0.3) is 32.7 Å². The molecule has 0 bridgehead atoms. The second-order valence-electron chi connectivity index (χ2n) is 20.3. The van der Waals surface area contributed by atoms with Crippen molar-refractivity contribution in [1.29, 1.82) is 0 Å². The number of fused-ring (bicyclic) bond motifs is 2. The fourth-order valence-electron chi connectivity index (χ4n) is 9.66. The number of carboxylic acid groups (broad SMARTS) is 8. The van der Waals surface area contributed by atoms with Crippen LogP contribution in [0.15, 0.2) is 182 Å². The van der Waals surface area contributed by atoms with Crippen LogP contribution in [0.5, 0.6) is 11.5 Å². The Kier molecular flexibility index (Phi) is 17.7. The van der Waals surface area contributed by atoms with Crippen LogP contribution in [0, 0.1) is 47.4 Å². The zero-order chi connectivity index (χ0) is 67.1. The van der Waals surface area contributed by atoms with Crippen LogP contribution >= 0.6 is 0 Å². The lowest BCUT2D eigenvalue weighted by Gasteiger charge is -2.21. The summed E-state index contributed by atoms with van der Waals surface area (Å²) in [4.78, 5) is 127. The summed E-state index contributed by atoms with van der Waals surface area (Å²) in [5, 5.41) is 79.8. The molecule has 0 saturated carbocycles. The number of carbonyl (C=O) groups is 10. The van der Waals surface area contributed by atoms with E-state index in [9.17, 15) is 88.8 Å². The summed E-state index contributed by atoms with van der Waals surface area (Å²) in [5.41, 5.74) is -3.08. The number of aromatic carboxylic acids is 8. The van der Waals surface area contributed by atoms with Gasteiger partial charge in [-0.1, -0.05) is 95.9 Å². The quantitative estimate of drug-likeness (QED) is 0.0302. The molecule has 454 valence electrons. The maximum Gasteiger partial charge on any atom is 0.343 e.